The lowest BCUT2D eigenvalue weighted by molar-refractivity contribution is -0.125. The normalized spacial score (nSPS) is 19.0. The zero-order valence-corrected chi connectivity index (χ0v) is 17.5. The van der Waals surface area contributed by atoms with Gasteiger partial charge in [-0.1, -0.05) is 11.3 Å². The first-order valence-electron chi connectivity index (χ1n) is 10.3. The van der Waals surface area contributed by atoms with Gasteiger partial charge in [0.05, 0.1) is 12.5 Å². The SMILES string of the molecule is O=C(NC1CC1)C1CCCN(c2nc3ncn(Cc4cc(F)ccc4F)c(=O)c3s2)C1. The molecule has 7 nitrogen and oxygen atoms in total. The summed E-state index contributed by atoms with van der Waals surface area (Å²) in [7, 11) is 0. The van der Waals surface area contributed by atoms with E-state index >= 15 is 0 Å². The van der Waals surface area contributed by atoms with E-state index in [1.54, 1.807) is 0 Å². The molecule has 1 saturated carbocycles. The second kappa shape index (κ2) is 7.99. The van der Waals surface area contributed by atoms with Crippen LogP contribution in [-0.2, 0) is 11.3 Å². The van der Waals surface area contributed by atoms with Crippen LogP contribution in [0.1, 0.15) is 31.2 Å². The summed E-state index contributed by atoms with van der Waals surface area (Å²) in [6, 6.07) is 3.48. The predicted octanol–water partition coefficient (Wildman–Crippen LogP) is 2.67. The van der Waals surface area contributed by atoms with Crippen molar-refractivity contribution in [2.75, 3.05) is 18.0 Å². The molecule has 162 valence electrons. The second-order valence-corrected chi connectivity index (χ2v) is 9.11. The number of anilines is 1. The molecule has 0 spiro atoms. The fourth-order valence-electron chi connectivity index (χ4n) is 3.84. The summed E-state index contributed by atoms with van der Waals surface area (Å²) < 4.78 is 29.1. The fraction of sp³-hybridized carbons (Fsp3) is 0.429. The zero-order chi connectivity index (χ0) is 21.5. The number of carbonyl (C=O) groups excluding carboxylic acids is 1. The van der Waals surface area contributed by atoms with Crippen molar-refractivity contribution in [2.45, 2.75) is 38.3 Å². The molecular formula is C21H21F2N5O2S. The molecule has 2 aliphatic rings. The van der Waals surface area contributed by atoms with E-state index in [0.717, 1.165) is 50.4 Å². The molecular weight excluding hydrogens is 424 g/mol. The van der Waals surface area contributed by atoms with Gasteiger partial charge in [-0.05, 0) is 43.9 Å². The molecule has 2 fully saturated rings. The Morgan fingerprint density at radius 1 is 1.26 bits per heavy atom. The highest BCUT2D eigenvalue weighted by Gasteiger charge is 2.31. The van der Waals surface area contributed by atoms with Gasteiger partial charge < -0.3 is 10.2 Å². The third-order valence-corrected chi connectivity index (χ3v) is 6.80. The van der Waals surface area contributed by atoms with Crippen molar-refractivity contribution in [2.24, 2.45) is 5.92 Å². The summed E-state index contributed by atoms with van der Waals surface area (Å²) in [6.45, 7) is 1.20. The number of carbonyl (C=O) groups is 1. The van der Waals surface area contributed by atoms with Crippen molar-refractivity contribution in [1.82, 2.24) is 19.9 Å². The van der Waals surface area contributed by atoms with E-state index in [1.807, 2.05) is 4.90 Å². The maximum atomic E-state index is 14.0. The molecule has 1 amide bonds. The Labute approximate surface area is 180 Å². The van der Waals surface area contributed by atoms with E-state index in [4.69, 9.17) is 0 Å². The van der Waals surface area contributed by atoms with Gasteiger partial charge in [0.15, 0.2) is 10.8 Å². The number of benzene rings is 1. The minimum Gasteiger partial charge on any atom is -0.353 e. The van der Waals surface area contributed by atoms with Gasteiger partial charge in [0.25, 0.3) is 5.56 Å². The van der Waals surface area contributed by atoms with Crippen LogP contribution in [0, 0.1) is 17.6 Å². The van der Waals surface area contributed by atoms with Crippen molar-refractivity contribution in [3.63, 3.8) is 0 Å². The van der Waals surface area contributed by atoms with E-state index in [-0.39, 0.29) is 29.5 Å². The molecule has 1 aliphatic heterocycles. The van der Waals surface area contributed by atoms with Gasteiger partial charge in [-0.25, -0.2) is 13.8 Å². The number of aromatic nitrogens is 3. The first-order chi connectivity index (χ1) is 15.0. The number of thiazole rings is 1. The Morgan fingerprint density at radius 2 is 2.10 bits per heavy atom. The quantitative estimate of drug-likeness (QED) is 0.653. The molecule has 1 aromatic carbocycles. The lowest BCUT2D eigenvalue weighted by Crippen LogP contribution is -2.43. The first-order valence-corrected chi connectivity index (χ1v) is 11.1. The first kappa shape index (κ1) is 20.0. The number of piperidine rings is 1. The smallest absolute Gasteiger partial charge is 0.273 e. The van der Waals surface area contributed by atoms with Gasteiger partial charge in [0.1, 0.15) is 22.7 Å². The third kappa shape index (κ3) is 4.16. The molecule has 1 unspecified atom stereocenters. The van der Waals surface area contributed by atoms with Crippen LogP contribution >= 0.6 is 11.3 Å². The minimum absolute atomic E-state index is 0.0773. The summed E-state index contributed by atoms with van der Waals surface area (Å²) in [5, 5.41) is 3.72. The number of halogens is 2. The van der Waals surface area contributed by atoms with Gasteiger partial charge in [-0.15, -0.1) is 0 Å². The van der Waals surface area contributed by atoms with Crippen molar-refractivity contribution in [3.8, 4) is 0 Å². The molecule has 10 heteroatoms. The van der Waals surface area contributed by atoms with Crippen molar-refractivity contribution < 1.29 is 13.6 Å². The number of rotatable bonds is 5. The summed E-state index contributed by atoms with van der Waals surface area (Å²) in [6.07, 6.45) is 5.12. The van der Waals surface area contributed by atoms with Crippen LogP contribution in [0.4, 0.5) is 13.9 Å². The molecule has 5 rings (SSSR count). The van der Waals surface area contributed by atoms with Crippen LogP contribution in [-0.4, -0.2) is 39.6 Å². The van der Waals surface area contributed by atoms with E-state index < -0.39 is 11.6 Å². The predicted molar refractivity (Wildman–Crippen MR) is 113 cm³/mol. The van der Waals surface area contributed by atoms with Crippen molar-refractivity contribution in [1.29, 1.82) is 0 Å². The topological polar surface area (TPSA) is 80.1 Å². The highest BCUT2D eigenvalue weighted by molar-refractivity contribution is 7.22. The standard InChI is InChI=1S/C21H21F2N5O2S/c22-14-3-6-16(23)13(8-14)10-28-11-24-18-17(20(28)30)31-21(26-18)27-7-1-2-12(9-27)19(29)25-15-4-5-15/h3,6,8,11-12,15H,1-2,4-5,7,9-10H2,(H,25,29). The monoisotopic (exact) mass is 445 g/mol. The Kier molecular flexibility index (Phi) is 5.17. The number of fused-ring (bicyclic) bond motifs is 1. The van der Waals surface area contributed by atoms with Gasteiger partial charge in [0, 0.05) is 24.7 Å². The molecule has 1 atom stereocenters. The number of hydrogen-bond acceptors (Lipinski definition) is 6. The van der Waals surface area contributed by atoms with Gasteiger partial charge in [0.2, 0.25) is 5.91 Å². The van der Waals surface area contributed by atoms with E-state index in [2.05, 4.69) is 15.3 Å². The Bertz CT molecular complexity index is 1210. The fourth-order valence-corrected chi connectivity index (χ4v) is 4.85. The highest BCUT2D eigenvalue weighted by Crippen LogP contribution is 2.30. The van der Waals surface area contributed by atoms with Crippen LogP contribution in [0.15, 0.2) is 29.3 Å². The van der Waals surface area contributed by atoms with Gasteiger partial charge in [-0.3, -0.25) is 14.2 Å². The summed E-state index contributed by atoms with van der Waals surface area (Å²) >= 11 is 1.22. The number of nitrogens with one attached hydrogen (secondary N) is 1. The third-order valence-electron chi connectivity index (χ3n) is 5.71. The van der Waals surface area contributed by atoms with Crippen LogP contribution in [0.3, 0.4) is 0 Å². The van der Waals surface area contributed by atoms with Crippen LogP contribution in [0.2, 0.25) is 0 Å². The Hall–Kier alpha value is -2.88. The second-order valence-electron chi connectivity index (χ2n) is 8.13. The highest BCUT2D eigenvalue weighted by atomic mass is 32.1. The molecule has 3 heterocycles. The molecule has 2 aromatic heterocycles. The minimum atomic E-state index is -0.581. The Balaban J connectivity index is 1.38. The van der Waals surface area contributed by atoms with Crippen molar-refractivity contribution in [3.05, 3.63) is 52.1 Å². The zero-order valence-electron chi connectivity index (χ0n) is 16.7. The van der Waals surface area contributed by atoms with Crippen LogP contribution < -0.4 is 15.8 Å². The van der Waals surface area contributed by atoms with Gasteiger partial charge in [-0.2, -0.15) is 4.98 Å². The molecule has 0 bridgehead atoms. The van der Waals surface area contributed by atoms with Crippen LogP contribution in [0.5, 0.6) is 0 Å². The molecule has 1 saturated heterocycles. The summed E-state index contributed by atoms with van der Waals surface area (Å²) in [5.41, 5.74) is 0.0523. The van der Waals surface area contributed by atoms with E-state index in [9.17, 15) is 18.4 Å². The number of nitrogens with zero attached hydrogens (tertiary/aromatic N) is 4. The lowest BCUT2D eigenvalue weighted by Gasteiger charge is -2.31. The summed E-state index contributed by atoms with van der Waals surface area (Å²) in [4.78, 5) is 36.1. The largest absolute Gasteiger partial charge is 0.353 e. The van der Waals surface area contributed by atoms with Crippen molar-refractivity contribution >= 4 is 32.7 Å². The molecule has 1 aliphatic carbocycles. The molecule has 3 aromatic rings. The van der Waals surface area contributed by atoms with Crippen LogP contribution in [0.25, 0.3) is 10.3 Å². The average Bonchev–Trinajstić information content (AvgIpc) is 3.47. The lowest BCUT2D eigenvalue weighted by atomic mass is 9.97. The maximum Gasteiger partial charge on any atom is 0.273 e. The number of hydrogen-bond donors (Lipinski definition) is 1. The average molecular weight is 445 g/mol. The molecule has 31 heavy (non-hydrogen) atoms. The number of amides is 1. The molecule has 1 N–H and O–H groups in total. The Morgan fingerprint density at radius 3 is 2.90 bits per heavy atom. The summed E-state index contributed by atoms with van der Waals surface area (Å²) in [5.74, 6) is -1.15. The van der Waals surface area contributed by atoms with Gasteiger partial charge >= 0.3 is 0 Å². The van der Waals surface area contributed by atoms with E-state index in [1.165, 1.54) is 22.2 Å². The maximum absolute atomic E-state index is 14.0. The molecule has 0 radical (unpaired) electrons. The van der Waals surface area contributed by atoms with E-state index in [0.29, 0.717) is 28.1 Å².